The van der Waals surface area contributed by atoms with Crippen LogP contribution < -0.4 is 10.6 Å². The number of amides is 2. The number of anilines is 1. The van der Waals surface area contributed by atoms with E-state index in [1.807, 2.05) is 0 Å². The molecule has 1 aliphatic rings. The lowest BCUT2D eigenvalue weighted by molar-refractivity contribution is 0.0600. The van der Waals surface area contributed by atoms with E-state index in [2.05, 4.69) is 20.4 Å². The molecule has 0 radical (unpaired) electrons. The molecule has 0 bridgehead atoms. The fourth-order valence-electron chi connectivity index (χ4n) is 2.18. The summed E-state index contributed by atoms with van der Waals surface area (Å²) in [6, 6.07) is 11.2. The first-order valence-corrected chi connectivity index (χ1v) is 7.84. The van der Waals surface area contributed by atoms with E-state index in [9.17, 15) is 14.4 Å². The van der Waals surface area contributed by atoms with Crippen LogP contribution in [0.3, 0.4) is 0 Å². The quantitative estimate of drug-likeness (QED) is 0.812. The summed E-state index contributed by atoms with van der Waals surface area (Å²) in [6.07, 6.45) is 1.96. The Hall–Kier alpha value is -3.22. The SMILES string of the molecule is COC(=O)c1ccc(NC(=O)c2cccc(C(=O)NC3CC3)n2)cc1. The van der Waals surface area contributed by atoms with Gasteiger partial charge in [-0.1, -0.05) is 6.07 Å². The highest BCUT2D eigenvalue weighted by Gasteiger charge is 2.24. The lowest BCUT2D eigenvalue weighted by atomic mass is 10.2. The van der Waals surface area contributed by atoms with Gasteiger partial charge in [0.1, 0.15) is 11.4 Å². The number of methoxy groups -OCH3 is 1. The number of carbonyl (C=O) groups is 3. The van der Waals surface area contributed by atoms with E-state index < -0.39 is 11.9 Å². The Kier molecular flexibility index (Phi) is 4.74. The number of hydrogen-bond acceptors (Lipinski definition) is 5. The zero-order valence-electron chi connectivity index (χ0n) is 13.6. The zero-order chi connectivity index (χ0) is 17.8. The van der Waals surface area contributed by atoms with Crippen molar-refractivity contribution in [2.45, 2.75) is 18.9 Å². The van der Waals surface area contributed by atoms with Crippen molar-refractivity contribution in [1.82, 2.24) is 10.3 Å². The van der Waals surface area contributed by atoms with Crippen molar-refractivity contribution in [1.29, 1.82) is 0 Å². The molecule has 1 fully saturated rings. The van der Waals surface area contributed by atoms with Gasteiger partial charge in [0.2, 0.25) is 0 Å². The molecule has 1 aromatic heterocycles. The molecule has 3 rings (SSSR count). The fourth-order valence-corrected chi connectivity index (χ4v) is 2.18. The van der Waals surface area contributed by atoms with Gasteiger partial charge >= 0.3 is 5.97 Å². The van der Waals surface area contributed by atoms with E-state index in [1.165, 1.54) is 13.2 Å². The number of ether oxygens (including phenoxy) is 1. The molecule has 1 aliphatic carbocycles. The Bertz CT molecular complexity index is 813. The smallest absolute Gasteiger partial charge is 0.337 e. The van der Waals surface area contributed by atoms with Gasteiger partial charge in [-0.3, -0.25) is 9.59 Å². The number of rotatable bonds is 5. The van der Waals surface area contributed by atoms with Gasteiger partial charge in [-0.05, 0) is 49.2 Å². The number of aromatic nitrogens is 1. The largest absolute Gasteiger partial charge is 0.465 e. The molecule has 0 unspecified atom stereocenters. The third-order valence-electron chi connectivity index (χ3n) is 3.69. The number of nitrogens with one attached hydrogen (secondary N) is 2. The van der Waals surface area contributed by atoms with Gasteiger partial charge < -0.3 is 15.4 Å². The van der Waals surface area contributed by atoms with Crippen molar-refractivity contribution in [2.24, 2.45) is 0 Å². The van der Waals surface area contributed by atoms with Crippen LogP contribution in [0.1, 0.15) is 44.2 Å². The molecule has 128 valence electrons. The summed E-state index contributed by atoms with van der Waals surface area (Å²) in [7, 11) is 1.30. The third kappa shape index (κ3) is 4.20. The number of esters is 1. The molecular weight excluding hydrogens is 322 g/mol. The van der Waals surface area contributed by atoms with Gasteiger partial charge in [-0.2, -0.15) is 0 Å². The minimum Gasteiger partial charge on any atom is -0.465 e. The van der Waals surface area contributed by atoms with Gasteiger partial charge in [0.25, 0.3) is 11.8 Å². The van der Waals surface area contributed by atoms with Crippen LogP contribution in [0.5, 0.6) is 0 Å². The van der Waals surface area contributed by atoms with Crippen molar-refractivity contribution in [3.05, 3.63) is 59.4 Å². The van der Waals surface area contributed by atoms with Gasteiger partial charge in [0.05, 0.1) is 12.7 Å². The molecule has 2 amide bonds. The summed E-state index contributed by atoms with van der Waals surface area (Å²) >= 11 is 0. The predicted octanol–water partition coefficient (Wildman–Crippen LogP) is 2.01. The molecule has 1 heterocycles. The molecule has 7 nitrogen and oxygen atoms in total. The summed E-state index contributed by atoms with van der Waals surface area (Å²) in [5, 5.41) is 5.51. The van der Waals surface area contributed by atoms with Crippen molar-refractivity contribution >= 4 is 23.5 Å². The molecule has 0 saturated heterocycles. The van der Waals surface area contributed by atoms with Crippen LogP contribution in [0.4, 0.5) is 5.69 Å². The Morgan fingerprint density at radius 2 is 1.64 bits per heavy atom. The third-order valence-corrected chi connectivity index (χ3v) is 3.69. The van der Waals surface area contributed by atoms with E-state index in [0.29, 0.717) is 11.3 Å². The first kappa shape index (κ1) is 16.6. The number of carbonyl (C=O) groups excluding carboxylic acids is 3. The molecular formula is C18H17N3O4. The highest BCUT2D eigenvalue weighted by atomic mass is 16.5. The van der Waals surface area contributed by atoms with Crippen LogP contribution in [0, 0.1) is 0 Å². The standard InChI is InChI=1S/C18H17N3O4/c1-25-18(24)11-5-7-12(8-6-11)19-16(22)14-3-2-4-15(21-14)17(23)20-13-9-10-13/h2-8,13H,9-10H2,1H3,(H,19,22)(H,20,23). The predicted molar refractivity (Wildman–Crippen MR) is 90.5 cm³/mol. The maximum atomic E-state index is 12.3. The number of nitrogens with zero attached hydrogens (tertiary/aromatic N) is 1. The highest BCUT2D eigenvalue weighted by molar-refractivity contribution is 6.04. The Balaban J connectivity index is 1.68. The molecule has 0 spiro atoms. The van der Waals surface area contributed by atoms with Crippen LogP contribution in [0.15, 0.2) is 42.5 Å². The number of pyridine rings is 1. The molecule has 1 aromatic carbocycles. The van der Waals surface area contributed by atoms with Crippen molar-refractivity contribution in [3.8, 4) is 0 Å². The van der Waals surface area contributed by atoms with Crippen LogP contribution in [0.25, 0.3) is 0 Å². The molecule has 1 saturated carbocycles. The molecule has 2 aromatic rings. The van der Waals surface area contributed by atoms with Crippen LogP contribution >= 0.6 is 0 Å². The first-order chi connectivity index (χ1) is 12.1. The summed E-state index contributed by atoms with van der Waals surface area (Å²) < 4.78 is 4.62. The topological polar surface area (TPSA) is 97.4 Å². The average Bonchev–Trinajstić information content (AvgIpc) is 3.45. The van der Waals surface area contributed by atoms with Gasteiger partial charge in [0.15, 0.2) is 0 Å². The monoisotopic (exact) mass is 339 g/mol. The minimum atomic E-state index is -0.450. The zero-order valence-corrected chi connectivity index (χ0v) is 13.6. The second kappa shape index (κ2) is 7.12. The first-order valence-electron chi connectivity index (χ1n) is 7.84. The minimum absolute atomic E-state index is 0.139. The van der Waals surface area contributed by atoms with Crippen molar-refractivity contribution < 1.29 is 19.1 Å². The molecule has 25 heavy (non-hydrogen) atoms. The Morgan fingerprint density at radius 1 is 1.00 bits per heavy atom. The normalized spacial score (nSPS) is 13.0. The van der Waals surface area contributed by atoms with Crippen molar-refractivity contribution in [3.63, 3.8) is 0 Å². The van der Waals surface area contributed by atoms with E-state index in [1.54, 1.807) is 36.4 Å². The molecule has 7 heteroatoms. The molecule has 2 N–H and O–H groups in total. The summed E-state index contributed by atoms with van der Waals surface area (Å²) in [6.45, 7) is 0. The highest BCUT2D eigenvalue weighted by Crippen LogP contribution is 2.19. The van der Waals surface area contributed by atoms with Gasteiger partial charge in [0, 0.05) is 11.7 Å². The van der Waals surface area contributed by atoms with Gasteiger partial charge in [-0.15, -0.1) is 0 Å². The Morgan fingerprint density at radius 3 is 2.24 bits per heavy atom. The summed E-state index contributed by atoms with van der Waals surface area (Å²) in [4.78, 5) is 39.8. The van der Waals surface area contributed by atoms with E-state index in [-0.39, 0.29) is 23.3 Å². The molecule has 0 atom stereocenters. The number of hydrogen-bond donors (Lipinski definition) is 2. The van der Waals surface area contributed by atoms with E-state index >= 15 is 0 Å². The van der Waals surface area contributed by atoms with Crippen LogP contribution in [-0.4, -0.2) is 35.9 Å². The Labute approximate surface area is 144 Å². The maximum Gasteiger partial charge on any atom is 0.337 e. The lowest BCUT2D eigenvalue weighted by Crippen LogP contribution is -2.27. The molecule has 0 aliphatic heterocycles. The van der Waals surface area contributed by atoms with E-state index in [4.69, 9.17) is 0 Å². The van der Waals surface area contributed by atoms with Crippen LogP contribution in [-0.2, 0) is 4.74 Å². The van der Waals surface area contributed by atoms with Crippen LogP contribution in [0.2, 0.25) is 0 Å². The van der Waals surface area contributed by atoms with Crippen molar-refractivity contribution in [2.75, 3.05) is 12.4 Å². The average molecular weight is 339 g/mol. The lowest BCUT2D eigenvalue weighted by Gasteiger charge is -2.07. The number of benzene rings is 1. The summed E-state index contributed by atoms with van der Waals surface area (Å²) in [5.41, 5.74) is 1.24. The maximum absolute atomic E-state index is 12.3. The van der Waals surface area contributed by atoms with Gasteiger partial charge in [-0.25, -0.2) is 9.78 Å². The second-order valence-corrected chi connectivity index (χ2v) is 5.68. The fraction of sp³-hybridized carbons (Fsp3) is 0.222. The second-order valence-electron chi connectivity index (χ2n) is 5.68. The summed E-state index contributed by atoms with van der Waals surface area (Å²) in [5.74, 6) is -1.17. The van der Waals surface area contributed by atoms with E-state index in [0.717, 1.165) is 12.8 Å².